The minimum atomic E-state index is -0.197. The van der Waals surface area contributed by atoms with E-state index in [1.54, 1.807) is 6.07 Å². The standard InChI is InChI=1S/C12H14FNO/c1-8(15)14-12-5-3-9-2-4-11(13)6-10(9)7-12/h2,4,6,12H,3,5,7H2,1H3,(H,14,15)/t12-/m1/s1. The Hall–Kier alpha value is -1.38. The fourth-order valence-corrected chi connectivity index (χ4v) is 2.14. The van der Waals surface area contributed by atoms with Gasteiger partial charge in [-0.3, -0.25) is 4.79 Å². The molecule has 0 heterocycles. The summed E-state index contributed by atoms with van der Waals surface area (Å²) in [4.78, 5) is 10.9. The number of hydrogen-bond donors (Lipinski definition) is 1. The average Bonchev–Trinajstić information content (AvgIpc) is 2.16. The monoisotopic (exact) mass is 207 g/mol. The van der Waals surface area contributed by atoms with Crippen LogP contribution in [-0.4, -0.2) is 11.9 Å². The summed E-state index contributed by atoms with van der Waals surface area (Å²) in [5.41, 5.74) is 2.23. The van der Waals surface area contributed by atoms with Crippen molar-refractivity contribution in [2.75, 3.05) is 0 Å². The summed E-state index contributed by atoms with van der Waals surface area (Å²) in [5.74, 6) is -0.211. The smallest absolute Gasteiger partial charge is 0.217 e. The molecule has 2 nitrogen and oxygen atoms in total. The molecule has 0 fully saturated rings. The third kappa shape index (κ3) is 2.35. The first-order valence-corrected chi connectivity index (χ1v) is 5.19. The Labute approximate surface area is 88.5 Å². The molecule has 0 saturated heterocycles. The summed E-state index contributed by atoms with van der Waals surface area (Å²) in [6.07, 6.45) is 2.60. The maximum absolute atomic E-state index is 13.0. The van der Waals surface area contributed by atoms with Gasteiger partial charge in [0.2, 0.25) is 5.91 Å². The van der Waals surface area contributed by atoms with E-state index in [1.165, 1.54) is 18.6 Å². The molecule has 0 saturated carbocycles. The van der Waals surface area contributed by atoms with Gasteiger partial charge in [0.1, 0.15) is 5.82 Å². The van der Waals surface area contributed by atoms with Gasteiger partial charge in [-0.25, -0.2) is 4.39 Å². The second-order valence-electron chi connectivity index (χ2n) is 4.05. The summed E-state index contributed by atoms with van der Waals surface area (Å²) in [6, 6.07) is 5.08. The van der Waals surface area contributed by atoms with E-state index in [1.807, 2.05) is 6.07 Å². The second-order valence-corrected chi connectivity index (χ2v) is 4.05. The third-order valence-corrected chi connectivity index (χ3v) is 2.80. The van der Waals surface area contributed by atoms with Crippen molar-refractivity contribution < 1.29 is 9.18 Å². The van der Waals surface area contributed by atoms with Gasteiger partial charge in [0, 0.05) is 13.0 Å². The van der Waals surface area contributed by atoms with Crippen molar-refractivity contribution in [1.82, 2.24) is 5.32 Å². The van der Waals surface area contributed by atoms with E-state index in [2.05, 4.69) is 5.32 Å². The Kier molecular flexibility index (Phi) is 2.71. The SMILES string of the molecule is CC(=O)N[C@@H]1CCc2ccc(F)cc2C1. The first-order chi connectivity index (χ1) is 7.15. The van der Waals surface area contributed by atoms with Gasteiger partial charge < -0.3 is 5.32 Å². The fraction of sp³-hybridized carbons (Fsp3) is 0.417. The molecule has 0 spiro atoms. The zero-order chi connectivity index (χ0) is 10.8. The number of benzene rings is 1. The molecular weight excluding hydrogens is 193 g/mol. The van der Waals surface area contributed by atoms with Gasteiger partial charge in [0.25, 0.3) is 0 Å². The van der Waals surface area contributed by atoms with E-state index < -0.39 is 0 Å². The van der Waals surface area contributed by atoms with Crippen LogP contribution < -0.4 is 5.32 Å². The summed E-state index contributed by atoms with van der Waals surface area (Å²) < 4.78 is 13.0. The predicted octanol–water partition coefficient (Wildman–Crippen LogP) is 1.82. The Balaban J connectivity index is 2.14. The molecule has 0 aromatic heterocycles. The molecule has 0 bridgehead atoms. The first-order valence-electron chi connectivity index (χ1n) is 5.19. The van der Waals surface area contributed by atoms with Crippen LogP contribution >= 0.6 is 0 Å². The van der Waals surface area contributed by atoms with Gasteiger partial charge in [-0.15, -0.1) is 0 Å². The zero-order valence-corrected chi connectivity index (χ0v) is 8.72. The average molecular weight is 207 g/mol. The number of hydrogen-bond acceptors (Lipinski definition) is 1. The second kappa shape index (κ2) is 4.01. The lowest BCUT2D eigenvalue weighted by atomic mass is 9.88. The number of carbonyl (C=O) groups excluding carboxylic acids is 1. The summed E-state index contributed by atoms with van der Waals surface area (Å²) in [5, 5.41) is 2.88. The molecule has 0 radical (unpaired) electrons. The van der Waals surface area contributed by atoms with E-state index in [9.17, 15) is 9.18 Å². The van der Waals surface area contributed by atoms with Crippen molar-refractivity contribution in [3.05, 3.63) is 35.1 Å². The van der Waals surface area contributed by atoms with Crippen molar-refractivity contribution in [3.63, 3.8) is 0 Å². The molecule has 1 amide bonds. The Morgan fingerprint density at radius 1 is 1.47 bits per heavy atom. The van der Waals surface area contributed by atoms with Crippen LogP contribution in [-0.2, 0) is 17.6 Å². The predicted molar refractivity (Wildman–Crippen MR) is 56.0 cm³/mol. The van der Waals surface area contributed by atoms with Gasteiger partial charge in [0.05, 0.1) is 0 Å². The van der Waals surface area contributed by atoms with E-state index in [0.29, 0.717) is 0 Å². The largest absolute Gasteiger partial charge is 0.353 e. The molecule has 1 aromatic carbocycles. The molecule has 80 valence electrons. The summed E-state index contributed by atoms with van der Waals surface area (Å²) >= 11 is 0. The van der Waals surface area contributed by atoms with Gasteiger partial charge >= 0.3 is 0 Å². The summed E-state index contributed by atoms with van der Waals surface area (Å²) in [6.45, 7) is 1.51. The minimum absolute atomic E-state index is 0.0140. The minimum Gasteiger partial charge on any atom is -0.353 e. The zero-order valence-electron chi connectivity index (χ0n) is 8.72. The van der Waals surface area contributed by atoms with Crippen LogP contribution in [0.15, 0.2) is 18.2 Å². The van der Waals surface area contributed by atoms with Crippen molar-refractivity contribution in [3.8, 4) is 0 Å². The fourth-order valence-electron chi connectivity index (χ4n) is 2.14. The van der Waals surface area contributed by atoms with Crippen LogP contribution in [0.3, 0.4) is 0 Å². The van der Waals surface area contributed by atoms with Crippen LogP contribution in [0.4, 0.5) is 4.39 Å². The third-order valence-electron chi connectivity index (χ3n) is 2.80. The highest BCUT2D eigenvalue weighted by Crippen LogP contribution is 2.22. The lowest BCUT2D eigenvalue weighted by molar-refractivity contribution is -0.119. The molecule has 2 rings (SSSR count). The van der Waals surface area contributed by atoms with Gasteiger partial charge in [0.15, 0.2) is 0 Å². The Bertz CT molecular complexity index is 389. The Morgan fingerprint density at radius 3 is 3.00 bits per heavy atom. The molecule has 1 aliphatic rings. The number of aryl methyl sites for hydroxylation is 1. The van der Waals surface area contributed by atoms with E-state index >= 15 is 0 Å². The maximum atomic E-state index is 13.0. The van der Waals surface area contributed by atoms with Crippen LogP contribution in [0.25, 0.3) is 0 Å². The molecule has 3 heteroatoms. The van der Waals surface area contributed by atoms with Crippen LogP contribution in [0.2, 0.25) is 0 Å². The van der Waals surface area contributed by atoms with Crippen molar-refractivity contribution >= 4 is 5.91 Å². The number of fused-ring (bicyclic) bond motifs is 1. The molecule has 1 aliphatic carbocycles. The number of carbonyl (C=O) groups is 1. The molecular formula is C12H14FNO. The lowest BCUT2D eigenvalue weighted by Crippen LogP contribution is -2.37. The van der Waals surface area contributed by atoms with Gasteiger partial charge in [-0.1, -0.05) is 6.07 Å². The lowest BCUT2D eigenvalue weighted by Gasteiger charge is -2.25. The molecule has 1 atom stereocenters. The number of nitrogens with one attached hydrogen (secondary N) is 1. The van der Waals surface area contributed by atoms with Gasteiger partial charge in [-0.05, 0) is 42.5 Å². The first kappa shape index (κ1) is 10.1. The van der Waals surface area contributed by atoms with E-state index in [4.69, 9.17) is 0 Å². The molecule has 0 unspecified atom stereocenters. The van der Waals surface area contributed by atoms with Crippen LogP contribution in [0.1, 0.15) is 24.5 Å². The van der Waals surface area contributed by atoms with Crippen molar-refractivity contribution in [2.45, 2.75) is 32.2 Å². The van der Waals surface area contributed by atoms with Crippen LogP contribution in [0, 0.1) is 5.82 Å². The van der Waals surface area contributed by atoms with Crippen LogP contribution in [0.5, 0.6) is 0 Å². The highest BCUT2D eigenvalue weighted by atomic mass is 19.1. The van der Waals surface area contributed by atoms with Gasteiger partial charge in [-0.2, -0.15) is 0 Å². The highest BCUT2D eigenvalue weighted by Gasteiger charge is 2.19. The quantitative estimate of drug-likeness (QED) is 0.747. The summed E-state index contributed by atoms with van der Waals surface area (Å²) in [7, 11) is 0. The highest BCUT2D eigenvalue weighted by molar-refractivity contribution is 5.73. The van der Waals surface area contributed by atoms with E-state index in [-0.39, 0.29) is 17.8 Å². The molecule has 15 heavy (non-hydrogen) atoms. The number of rotatable bonds is 1. The van der Waals surface area contributed by atoms with Crippen molar-refractivity contribution in [2.24, 2.45) is 0 Å². The normalized spacial score (nSPS) is 19.5. The van der Waals surface area contributed by atoms with Crippen molar-refractivity contribution in [1.29, 1.82) is 0 Å². The molecule has 1 N–H and O–H groups in total. The number of amides is 1. The topological polar surface area (TPSA) is 29.1 Å². The van der Waals surface area contributed by atoms with E-state index in [0.717, 1.165) is 24.8 Å². The molecule has 1 aromatic rings. The Morgan fingerprint density at radius 2 is 2.27 bits per heavy atom. The number of halogens is 1. The molecule has 0 aliphatic heterocycles. The maximum Gasteiger partial charge on any atom is 0.217 e.